The number of carbonyl (C=O) groups excluding carboxylic acids is 17. The molecule has 2 aromatic rings. The second kappa shape index (κ2) is 58.1. The number of aliphatic hydroxyl groups is 3. The molecule has 130 heavy (non-hydrogen) atoms. The molecule has 52 nitrogen and oxygen atoms in total. The number of benzene rings is 2. The lowest BCUT2D eigenvalue weighted by molar-refractivity contribution is -0.142. The lowest BCUT2D eigenvalue weighted by atomic mass is 10.0. The zero-order chi connectivity index (χ0) is 97.4. The Hall–Kier alpha value is -13.5. The number of aliphatic hydroxyl groups excluding tert-OH is 3. The van der Waals surface area contributed by atoms with Crippen molar-refractivity contribution in [2.75, 3.05) is 70.6 Å². The molecule has 0 spiro atoms. The molecule has 0 fully saturated rings. The van der Waals surface area contributed by atoms with Gasteiger partial charge >= 0.3 is 11.9 Å². The summed E-state index contributed by atoms with van der Waals surface area (Å²) in [5.74, 6) is -25.1. The molecule has 14 atom stereocenters. The van der Waals surface area contributed by atoms with Crippen LogP contribution in [0.1, 0.15) is 102 Å². The van der Waals surface area contributed by atoms with Crippen LogP contribution in [0, 0.1) is 22.1 Å². The number of amides is 17. The minimum Gasteiger partial charge on any atom is -0.508 e. The van der Waals surface area contributed by atoms with Crippen molar-refractivity contribution < 1.29 is 122 Å². The first kappa shape index (κ1) is 111. The molecule has 17 amide bonds. The van der Waals surface area contributed by atoms with Crippen LogP contribution in [0.2, 0.25) is 0 Å². The number of carbonyl (C=O) groups is 19. The molecule has 720 valence electrons. The molecule has 2 aromatic carbocycles. The van der Waals surface area contributed by atoms with E-state index in [1.807, 2.05) is 0 Å². The number of hydrogen-bond donors (Lipinski definition) is 33. The normalized spacial score (nSPS) is 23.2. The van der Waals surface area contributed by atoms with E-state index >= 15 is 0 Å². The molecule has 2 heterocycles. The van der Waals surface area contributed by atoms with Crippen LogP contribution >= 0.6 is 23.5 Å². The Labute approximate surface area is 753 Å². The number of hydrogen-bond acceptors (Lipinski definition) is 29. The number of rotatable bonds is 28. The molecule has 0 aromatic heterocycles. The van der Waals surface area contributed by atoms with Crippen molar-refractivity contribution in [3.63, 3.8) is 0 Å². The first-order chi connectivity index (χ1) is 61.3. The highest BCUT2D eigenvalue weighted by molar-refractivity contribution is 7.98. The van der Waals surface area contributed by atoms with E-state index in [-0.39, 0.29) is 92.5 Å². The number of phenols is 1. The van der Waals surface area contributed by atoms with Gasteiger partial charge in [0.15, 0.2) is 17.9 Å². The molecule has 2 aliphatic heterocycles. The van der Waals surface area contributed by atoms with E-state index in [4.69, 9.17) is 44.9 Å². The van der Waals surface area contributed by atoms with Gasteiger partial charge in [-0.3, -0.25) is 107 Å². The summed E-state index contributed by atoms with van der Waals surface area (Å²) >= 11 is 2.26. The van der Waals surface area contributed by atoms with Crippen molar-refractivity contribution in [3.8, 4) is 5.75 Å². The summed E-state index contributed by atoms with van der Waals surface area (Å²) in [5, 5.41) is 129. The quantitative estimate of drug-likeness (QED) is 0.0163. The fourth-order valence-electron chi connectivity index (χ4n) is 11.7. The highest BCUT2D eigenvalue weighted by Gasteiger charge is 2.39. The summed E-state index contributed by atoms with van der Waals surface area (Å²) in [6.45, 7) is -1.07. The zero-order valence-electron chi connectivity index (χ0n) is 71.7. The summed E-state index contributed by atoms with van der Waals surface area (Å²) in [5.41, 5.74) is 29.0. The number of carboxylic acids is 2. The van der Waals surface area contributed by atoms with E-state index in [0.717, 1.165) is 23.5 Å². The monoisotopic (exact) mass is 1870 g/mol. The van der Waals surface area contributed by atoms with Crippen molar-refractivity contribution in [2.45, 2.75) is 188 Å². The Kier molecular flexibility index (Phi) is 49.4. The van der Waals surface area contributed by atoms with Crippen LogP contribution in [0.25, 0.3) is 0 Å². The van der Waals surface area contributed by atoms with E-state index < -0.39 is 286 Å². The lowest BCUT2D eigenvalue weighted by Gasteiger charge is -2.29. The van der Waals surface area contributed by atoms with Gasteiger partial charge in [-0.05, 0) is 93.5 Å². The molecule has 54 heteroatoms. The van der Waals surface area contributed by atoms with Crippen LogP contribution in [-0.4, -0.2) is 316 Å². The van der Waals surface area contributed by atoms with Crippen LogP contribution in [0.4, 0.5) is 0 Å². The highest BCUT2D eigenvalue weighted by atomic mass is 32.2. The minimum atomic E-state index is -2.18. The van der Waals surface area contributed by atoms with Crippen molar-refractivity contribution in [1.29, 1.82) is 16.2 Å². The van der Waals surface area contributed by atoms with Gasteiger partial charge in [-0.25, -0.2) is 0 Å². The number of aromatic hydroxyl groups is 1. The molecule has 0 radical (unpaired) electrons. The van der Waals surface area contributed by atoms with E-state index in [2.05, 4.69) is 101 Å². The Balaban J connectivity index is 2.20. The van der Waals surface area contributed by atoms with E-state index in [9.17, 15) is 122 Å². The van der Waals surface area contributed by atoms with E-state index in [0.29, 0.717) is 11.1 Å². The number of guanidine groups is 3. The minimum absolute atomic E-state index is 0.00569. The second-order valence-electron chi connectivity index (χ2n) is 29.9. The average molecular weight is 1880 g/mol. The Morgan fingerprint density at radius 2 is 0.846 bits per heavy atom. The largest absolute Gasteiger partial charge is 0.508 e. The molecule has 0 aliphatic carbocycles. The SMILES string of the molecule is CC(C)[C@@H]1NC(=O)[C@H](CCC(=O)O)NC(=O)[C@H](Cc2ccc(O)cc2)NC(=O)[C@H](CCCNC(=N)N)NC(=O)[C@H](CO)NC(=O)[C@@H](NC(=O)[C@H](C)N)CSCc2ccc(cc2)CSC[C@@H](C(=O)NCC(N)=O)NC(=O)[C@H](C)NC(=O)[C@H](CO)NC(=O)CNC(=O)[C@H](CCCNC(=N)N)NC(=O)CNC(=O)[C@H](CCCNC(=N)N)NC(=O)[C@H](CO)NC(=O)[C@H](CC(=O)O)NC1=O. The topological polar surface area (TPSA) is 876 Å². The smallest absolute Gasteiger partial charge is 0.305 e. The number of carboxylic acid groups (broad SMARTS) is 2. The Bertz CT molecular complexity index is 4290. The summed E-state index contributed by atoms with van der Waals surface area (Å²) in [6, 6.07) is -12.0. The Morgan fingerprint density at radius 1 is 0.454 bits per heavy atom. The molecule has 2 bridgehead atoms. The first-order valence-corrected chi connectivity index (χ1v) is 43.0. The van der Waals surface area contributed by atoms with Crippen LogP contribution in [0.15, 0.2) is 48.5 Å². The fraction of sp³-hybridized carbons (Fsp3) is 0.553. The second-order valence-corrected chi connectivity index (χ2v) is 32.0. The van der Waals surface area contributed by atoms with Gasteiger partial charge in [0.25, 0.3) is 0 Å². The number of nitrogens with one attached hydrogen (secondary N) is 22. The van der Waals surface area contributed by atoms with Gasteiger partial charge in [0.1, 0.15) is 84.3 Å². The van der Waals surface area contributed by atoms with Crippen LogP contribution in [-0.2, 0) is 109 Å². The van der Waals surface area contributed by atoms with E-state index in [1.165, 1.54) is 52.0 Å². The zero-order valence-corrected chi connectivity index (χ0v) is 73.3. The predicted octanol–water partition coefficient (Wildman–Crippen LogP) is -12.6. The van der Waals surface area contributed by atoms with Crippen molar-refractivity contribution >= 4 is 154 Å². The average Bonchev–Trinajstić information content (AvgIpc) is 0.839. The number of phenolic OH excluding ortho intramolecular Hbond substituents is 1. The number of nitrogens with two attached hydrogens (primary N) is 5. The van der Waals surface area contributed by atoms with Crippen molar-refractivity contribution in [2.24, 2.45) is 34.6 Å². The summed E-state index contributed by atoms with van der Waals surface area (Å²) in [4.78, 5) is 260. The number of thioether (sulfide) groups is 2. The van der Waals surface area contributed by atoms with Gasteiger partial charge in [0.05, 0.1) is 51.9 Å². The molecule has 0 unspecified atom stereocenters. The molecular formula is C76H119N27O25S2. The summed E-state index contributed by atoms with van der Waals surface area (Å²) < 4.78 is 0. The van der Waals surface area contributed by atoms with Gasteiger partial charge in [-0.2, -0.15) is 23.5 Å². The summed E-state index contributed by atoms with van der Waals surface area (Å²) in [6.07, 6.45) is -4.45. The first-order valence-electron chi connectivity index (χ1n) is 40.7. The number of aliphatic carboxylic acids is 2. The van der Waals surface area contributed by atoms with Crippen LogP contribution in [0.5, 0.6) is 5.75 Å². The standard InChI is InChI=1S/C76H119N27O25S2/c1-36(2)59-73(128)98-48(25-58(113)114)68(123)99-50(30-105)70(125)94-44(9-6-22-86-75(81)82)63(118)90-27-55(109)92-43(8-5-21-85-74(79)80)62(117)89-28-56(110)93-49(29-104)69(124)91-38(4)61(116)102-52(64(119)88-26-54(78)108)34-129-32-40-11-13-41(14-12-40)33-130-35-53(101-60(115)37(3)77)72(127)100-51(31-106)71(126)95-45(10-7-23-87-76(83)84)65(120)97-47(24-39-15-17-42(107)18-16-39)67(122)96-46(66(121)103-59)19-20-57(111)112/h11-18,36-38,43-53,59,104-107H,5-10,19-35,77H2,1-4H3,(H2,78,108)(H,88,119)(H,89,117)(H,90,118)(H,91,124)(H,92,109)(H,93,110)(H,94,125)(H,95,126)(H,96,122)(H,97,120)(H,98,128)(H,99,123)(H,100,127)(H,101,115)(H,102,116)(H,103,121)(H,111,112)(H,113,114)(H4,79,80,85)(H4,81,82,86)(H4,83,84,87)/t37-,38-,43-,44-,45-,46-,47-,48-,49-,50-,51-,52-,53-,59-/m0/s1. The highest BCUT2D eigenvalue weighted by Crippen LogP contribution is 2.20. The molecule has 0 saturated heterocycles. The van der Waals surface area contributed by atoms with Gasteiger partial charge in [0.2, 0.25) is 100 Å². The molecule has 2 aliphatic rings. The van der Waals surface area contributed by atoms with Crippen molar-refractivity contribution in [1.82, 2.24) is 101 Å². The van der Waals surface area contributed by atoms with Gasteiger partial charge < -0.3 is 160 Å². The number of fused-ring (bicyclic) bond motifs is 50. The van der Waals surface area contributed by atoms with Gasteiger partial charge in [0, 0.05) is 55.5 Å². The van der Waals surface area contributed by atoms with E-state index in [1.54, 1.807) is 24.3 Å². The van der Waals surface area contributed by atoms with Crippen LogP contribution < -0.4 is 130 Å². The van der Waals surface area contributed by atoms with Crippen LogP contribution in [0.3, 0.4) is 0 Å². The Morgan fingerprint density at radius 3 is 1.30 bits per heavy atom. The maximum absolute atomic E-state index is 14.8. The number of primary amides is 1. The summed E-state index contributed by atoms with van der Waals surface area (Å²) in [7, 11) is 0. The lowest BCUT2D eigenvalue weighted by Crippen LogP contribution is -2.62. The maximum Gasteiger partial charge on any atom is 0.305 e. The molecular weight excluding hydrogens is 1760 g/mol. The predicted molar refractivity (Wildman–Crippen MR) is 466 cm³/mol. The third kappa shape index (κ3) is 42.9. The third-order valence-corrected chi connectivity index (χ3v) is 20.9. The maximum atomic E-state index is 14.8. The van der Waals surface area contributed by atoms with Crippen molar-refractivity contribution in [3.05, 3.63) is 65.2 Å². The molecule has 4 rings (SSSR count). The van der Waals surface area contributed by atoms with Gasteiger partial charge in [-0.1, -0.05) is 50.2 Å². The third-order valence-electron chi connectivity index (χ3n) is 18.7. The molecule has 38 N–H and O–H groups in total. The fourth-order valence-corrected chi connectivity index (χ4v) is 13.7. The van der Waals surface area contributed by atoms with Gasteiger partial charge in [-0.15, -0.1) is 0 Å². The molecule has 0 saturated carbocycles.